The summed E-state index contributed by atoms with van der Waals surface area (Å²) in [6.07, 6.45) is 0. The lowest BCUT2D eigenvalue weighted by Gasteiger charge is -2.17. The summed E-state index contributed by atoms with van der Waals surface area (Å²) in [5.41, 5.74) is -0.684. The molecule has 1 N–H and O–H groups in total. The number of aromatic hydroxyl groups is 1. The van der Waals surface area contributed by atoms with Crippen LogP contribution in [0.3, 0.4) is 0 Å². The van der Waals surface area contributed by atoms with Gasteiger partial charge in [-0.15, -0.1) is 0 Å². The first kappa shape index (κ1) is 22.7. The van der Waals surface area contributed by atoms with E-state index in [9.17, 15) is 19.5 Å². The SMILES string of the molecule is CC(C)(C)OOC(=O)c1ccccc1C(=O)Oc1ccccc1C(=O)c1ccccc1O. The molecule has 0 aromatic heterocycles. The fourth-order valence-electron chi connectivity index (χ4n) is 2.76. The zero-order valence-electron chi connectivity index (χ0n) is 17.8. The second-order valence-corrected chi connectivity index (χ2v) is 7.84. The summed E-state index contributed by atoms with van der Waals surface area (Å²) in [4.78, 5) is 48.1. The van der Waals surface area contributed by atoms with Gasteiger partial charge in [-0.2, -0.15) is 4.89 Å². The smallest absolute Gasteiger partial charge is 0.373 e. The average Bonchev–Trinajstić information content (AvgIpc) is 2.77. The van der Waals surface area contributed by atoms with E-state index < -0.39 is 23.3 Å². The molecule has 0 amide bonds. The van der Waals surface area contributed by atoms with E-state index in [4.69, 9.17) is 14.5 Å². The molecule has 0 saturated carbocycles. The van der Waals surface area contributed by atoms with E-state index in [-0.39, 0.29) is 33.8 Å². The summed E-state index contributed by atoms with van der Waals surface area (Å²) in [7, 11) is 0. The highest BCUT2D eigenvalue weighted by Crippen LogP contribution is 2.27. The van der Waals surface area contributed by atoms with Gasteiger partial charge in [0.15, 0.2) is 5.78 Å². The zero-order valence-corrected chi connectivity index (χ0v) is 17.8. The molecule has 0 radical (unpaired) electrons. The van der Waals surface area contributed by atoms with Crippen molar-refractivity contribution in [2.75, 3.05) is 0 Å². The minimum absolute atomic E-state index is 0.0140. The van der Waals surface area contributed by atoms with Gasteiger partial charge in [0.2, 0.25) is 0 Å². The third-order valence-corrected chi connectivity index (χ3v) is 4.22. The summed E-state index contributed by atoms with van der Waals surface area (Å²) in [6, 6.07) is 18.2. The van der Waals surface area contributed by atoms with Crippen molar-refractivity contribution >= 4 is 17.7 Å². The molecule has 0 spiro atoms. The lowest BCUT2D eigenvalue weighted by atomic mass is 10.0. The Bertz CT molecular complexity index is 1160. The Kier molecular flexibility index (Phi) is 6.70. The first-order chi connectivity index (χ1) is 15.2. The van der Waals surface area contributed by atoms with E-state index in [1.54, 1.807) is 57.2 Å². The number of ether oxygens (including phenoxy) is 1. The van der Waals surface area contributed by atoms with E-state index >= 15 is 0 Å². The highest BCUT2D eigenvalue weighted by Gasteiger charge is 2.24. The molecule has 32 heavy (non-hydrogen) atoms. The molecule has 0 unspecified atom stereocenters. The molecule has 3 aromatic rings. The van der Waals surface area contributed by atoms with Crippen LogP contribution >= 0.6 is 0 Å². The van der Waals surface area contributed by atoms with Gasteiger partial charge in [0.25, 0.3) is 0 Å². The number of para-hydroxylation sites is 2. The maximum Gasteiger partial charge on any atom is 0.373 e. The van der Waals surface area contributed by atoms with Crippen molar-refractivity contribution in [2.45, 2.75) is 26.4 Å². The number of ketones is 1. The zero-order chi connectivity index (χ0) is 23.3. The third kappa shape index (κ3) is 5.39. The number of carbonyl (C=O) groups excluding carboxylic acids is 3. The normalized spacial score (nSPS) is 11.0. The Balaban J connectivity index is 1.88. The van der Waals surface area contributed by atoms with Crippen LogP contribution in [0.15, 0.2) is 72.8 Å². The van der Waals surface area contributed by atoms with Gasteiger partial charge < -0.3 is 9.84 Å². The van der Waals surface area contributed by atoms with Crippen LogP contribution in [-0.4, -0.2) is 28.4 Å². The van der Waals surface area contributed by atoms with Gasteiger partial charge in [-0.3, -0.25) is 9.68 Å². The molecule has 0 aliphatic rings. The Hall–Kier alpha value is -3.97. The first-order valence-corrected chi connectivity index (χ1v) is 9.80. The van der Waals surface area contributed by atoms with Gasteiger partial charge in [0.1, 0.15) is 17.1 Å². The Morgan fingerprint density at radius 2 is 1.19 bits per heavy atom. The summed E-state index contributed by atoms with van der Waals surface area (Å²) in [5.74, 6) is -2.43. The second kappa shape index (κ2) is 9.45. The number of carbonyl (C=O) groups is 3. The second-order valence-electron chi connectivity index (χ2n) is 7.84. The Morgan fingerprint density at radius 1 is 0.688 bits per heavy atom. The van der Waals surface area contributed by atoms with Gasteiger partial charge in [0.05, 0.1) is 22.3 Å². The van der Waals surface area contributed by atoms with Crippen LogP contribution in [0.1, 0.15) is 57.4 Å². The van der Waals surface area contributed by atoms with Gasteiger partial charge in [-0.25, -0.2) is 9.59 Å². The highest BCUT2D eigenvalue weighted by molar-refractivity contribution is 6.13. The van der Waals surface area contributed by atoms with E-state index in [1.807, 2.05) is 0 Å². The van der Waals surface area contributed by atoms with Crippen molar-refractivity contribution in [2.24, 2.45) is 0 Å². The van der Waals surface area contributed by atoms with Crippen LogP contribution < -0.4 is 4.74 Å². The van der Waals surface area contributed by atoms with Crippen molar-refractivity contribution in [3.05, 3.63) is 95.1 Å². The molecule has 7 nitrogen and oxygen atoms in total. The Morgan fingerprint density at radius 3 is 1.78 bits per heavy atom. The quantitative estimate of drug-likeness (QED) is 0.197. The Labute approximate surface area is 185 Å². The van der Waals surface area contributed by atoms with E-state index in [0.717, 1.165) is 0 Å². The largest absolute Gasteiger partial charge is 0.507 e. The van der Waals surface area contributed by atoms with Crippen molar-refractivity contribution < 1.29 is 34.0 Å². The summed E-state index contributed by atoms with van der Waals surface area (Å²) in [6.45, 7) is 5.12. The maximum atomic E-state index is 12.9. The lowest BCUT2D eigenvalue weighted by molar-refractivity contribution is -0.301. The molecule has 0 aliphatic carbocycles. The van der Waals surface area contributed by atoms with Crippen LogP contribution in [0, 0.1) is 0 Å². The predicted octanol–water partition coefficient (Wildman–Crippen LogP) is 4.73. The van der Waals surface area contributed by atoms with Crippen LogP contribution in [0.25, 0.3) is 0 Å². The molecule has 0 atom stereocenters. The number of benzene rings is 3. The number of phenols is 1. The van der Waals surface area contributed by atoms with E-state index in [2.05, 4.69) is 0 Å². The molecule has 0 fully saturated rings. The summed E-state index contributed by atoms with van der Waals surface area (Å²) < 4.78 is 5.46. The van der Waals surface area contributed by atoms with Gasteiger partial charge in [-0.05, 0) is 57.2 Å². The molecule has 3 aromatic carbocycles. The van der Waals surface area contributed by atoms with Crippen LogP contribution in [0.5, 0.6) is 11.5 Å². The number of phenolic OH excluding ortho intramolecular Hbond substituents is 1. The van der Waals surface area contributed by atoms with Gasteiger partial charge in [0, 0.05) is 0 Å². The van der Waals surface area contributed by atoms with Crippen LogP contribution in [0.2, 0.25) is 0 Å². The topological polar surface area (TPSA) is 99.1 Å². The van der Waals surface area contributed by atoms with Crippen LogP contribution in [0.4, 0.5) is 0 Å². The standard InChI is InChI=1S/C25H22O7/c1-25(2,3)32-31-24(29)17-11-5-4-10-16(17)23(28)30-21-15-9-7-13-19(21)22(27)18-12-6-8-14-20(18)26/h4-15,26H,1-3H3. The van der Waals surface area contributed by atoms with Crippen molar-refractivity contribution in [1.29, 1.82) is 0 Å². The fraction of sp³-hybridized carbons (Fsp3) is 0.160. The molecule has 164 valence electrons. The fourth-order valence-corrected chi connectivity index (χ4v) is 2.76. The number of hydrogen-bond acceptors (Lipinski definition) is 7. The minimum atomic E-state index is -0.856. The average molecular weight is 434 g/mol. The summed E-state index contributed by atoms with van der Waals surface area (Å²) >= 11 is 0. The molecule has 0 aliphatic heterocycles. The van der Waals surface area contributed by atoms with Crippen molar-refractivity contribution in [1.82, 2.24) is 0 Å². The number of esters is 1. The number of rotatable bonds is 6. The number of hydrogen-bond donors (Lipinski definition) is 1. The van der Waals surface area contributed by atoms with Crippen molar-refractivity contribution in [3.63, 3.8) is 0 Å². The lowest BCUT2D eigenvalue weighted by Crippen LogP contribution is -2.23. The minimum Gasteiger partial charge on any atom is -0.507 e. The molecular weight excluding hydrogens is 412 g/mol. The molecular formula is C25H22O7. The van der Waals surface area contributed by atoms with Gasteiger partial charge in [-0.1, -0.05) is 36.4 Å². The van der Waals surface area contributed by atoms with Crippen molar-refractivity contribution in [3.8, 4) is 11.5 Å². The van der Waals surface area contributed by atoms with Gasteiger partial charge >= 0.3 is 11.9 Å². The highest BCUT2D eigenvalue weighted by atomic mass is 17.2. The molecule has 0 saturated heterocycles. The first-order valence-electron chi connectivity index (χ1n) is 9.80. The van der Waals surface area contributed by atoms with E-state index in [1.165, 1.54) is 36.4 Å². The van der Waals surface area contributed by atoms with Crippen LogP contribution in [-0.2, 0) is 9.78 Å². The predicted molar refractivity (Wildman–Crippen MR) is 116 cm³/mol. The third-order valence-electron chi connectivity index (χ3n) is 4.22. The monoisotopic (exact) mass is 434 g/mol. The summed E-state index contributed by atoms with van der Waals surface area (Å²) in [5, 5.41) is 10.0. The molecule has 0 heterocycles. The molecule has 7 heteroatoms. The molecule has 0 bridgehead atoms. The van der Waals surface area contributed by atoms with E-state index in [0.29, 0.717) is 0 Å². The maximum absolute atomic E-state index is 12.9. The molecule has 3 rings (SSSR count).